The number of rotatable bonds is 3. The molecule has 0 spiro atoms. The highest BCUT2D eigenvalue weighted by Crippen LogP contribution is 2.37. The van der Waals surface area contributed by atoms with Gasteiger partial charge in [0.15, 0.2) is 0 Å². The second-order valence-corrected chi connectivity index (χ2v) is 6.17. The molecule has 2 saturated heterocycles. The van der Waals surface area contributed by atoms with Crippen molar-refractivity contribution >= 4 is 11.9 Å². The van der Waals surface area contributed by atoms with Crippen LogP contribution in [0.3, 0.4) is 0 Å². The zero-order valence-corrected chi connectivity index (χ0v) is 11.8. The predicted octanol–water partition coefficient (Wildman–Crippen LogP) is 0.945. The largest absolute Gasteiger partial charge is 0.481 e. The maximum Gasteiger partial charge on any atom is 0.308 e. The van der Waals surface area contributed by atoms with E-state index in [9.17, 15) is 9.59 Å². The highest BCUT2D eigenvalue weighted by Gasteiger charge is 2.47. The molecule has 5 heteroatoms. The Balaban J connectivity index is 2.11. The molecule has 19 heavy (non-hydrogen) atoms. The van der Waals surface area contributed by atoms with E-state index in [4.69, 9.17) is 5.11 Å². The van der Waals surface area contributed by atoms with Crippen LogP contribution in [0, 0.1) is 17.3 Å². The quantitative estimate of drug-likeness (QED) is 0.799. The van der Waals surface area contributed by atoms with Crippen LogP contribution >= 0.6 is 0 Å². The number of amides is 1. The van der Waals surface area contributed by atoms with Gasteiger partial charge in [-0.05, 0) is 31.7 Å². The molecule has 1 unspecified atom stereocenters. The van der Waals surface area contributed by atoms with Gasteiger partial charge in [0.1, 0.15) is 0 Å². The van der Waals surface area contributed by atoms with E-state index in [-0.39, 0.29) is 17.2 Å². The number of aliphatic carboxylic acids is 1. The molecule has 0 aromatic heterocycles. The molecular weight excluding hydrogens is 244 g/mol. The molecule has 2 aliphatic rings. The molecule has 2 N–H and O–H groups in total. The lowest BCUT2D eigenvalue weighted by molar-refractivity contribution is -0.150. The maximum atomic E-state index is 12.8. The highest BCUT2D eigenvalue weighted by atomic mass is 16.4. The summed E-state index contributed by atoms with van der Waals surface area (Å²) in [5, 5.41) is 12.4. The SMILES string of the molecule is CC(C)C1(C(=O)N2CCC[C@H](C(=O)O)C2)CCNC1. The van der Waals surface area contributed by atoms with Crippen molar-refractivity contribution in [3.05, 3.63) is 0 Å². The third-order valence-electron chi connectivity index (χ3n) is 4.78. The van der Waals surface area contributed by atoms with Crippen molar-refractivity contribution in [1.82, 2.24) is 10.2 Å². The molecule has 2 aliphatic heterocycles. The van der Waals surface area contributed by atoms with E-state index < -0.39 is 11.9 Å². The number of carboxylic acid groups (broad SMARTS) is 1. The summed E-state index contributed by atoms with van der Waals surface area (Å²) in [7, 11) is 0. The predicted molar refractivity (Wildman–Crippen MR) is 71.7 cm³/mol. The number of carbonyl (C=O) groups excluding carboxylic acids is 1. The fraction of sp³-hybridized carbons (Fsp3) is 0.857. The molecule has 0 aromatic carbocycles. The lowest BCUT2D eigenvalue weighted by Crippen LogP contribution is -2.52. The van der Waals surface area contributed by atoms with Gasteiger partial charge in [-0.25, -0.2) is 0 Å². The van der Waals surface area contributed by atoms with Gasteiger partial charge < -0.3 is 15.3 Å². The molecule has 0 radical (unpaired) electrons. The number of carbonyl (C=O) groups is 2. The van der Waals surface area contributed by atoms with Gasteiger partial charge in [-0.3, -0.25) is 9.59 Å². The molecule has 2 rings (SSSR count). The Morgan fingerprint density at radius 3 is 2.68 bits per heavy atom. The summed E-state index contributed by atoms with van der Waals surface area (Å²) >= 11 is 0. The Bertz CT molecular complexity index is 362. The highest BCUT2D eigenvalue weighted by molar-refractivity contribution is 5.84. The molecule has 2 heterocycles. The summed E-state index contributed by atoms with van der Waals surface area (Å²) in [5.74, 6) is -0.740. The first-order valence-electron chi connectivity index (χ1n) is 7.20. The van der Waals surface area contributed by atoms with E-state index >= 15 is 0 Å². The summed E-state index contributed by atoms with van der Waals surface area (Å²) in [5.41, 5.74) is -0.333. The van der Waals surface area contributed by atoms with Crippen molar-refractivity contribution in [2.45, 2.75) is 33.1 Å². The minimum absolute atomic E-state index is 0.151. The molecule has 0 saturated carbocycles. The van der Waals surface area contributed by atoms with Crippen LogP contribution in [0.2, 0.25) is 0 Å². The number of likely N-dealkylation sites (tertiary alicyclic amines) is 1. The number of nitrogens with one attached hydrogen (secondary N) is 1. The van der Waals surface area contributed by atoms with Crippen molar-refractivity contribution in [1.29, 1.82) is 0 Å². The van der Waals surface area contributed by atoms with Crippen LogP contribution in [0.1, 0.15) is 33.1 Å². The lowest BCUT2D eigenvalue weighted by atomic mass is 9.74. The van der Waals surface area contributed by atoms with Crippen LogP contribution in [-0.2, 0) is 9.59 Å². The summed E-state index contributed by atoms with van der Waals surface area (Å²) in [6.07, 6.45) is 2.34. The summed E-state index contributed by atoms with van der Waals surface area (Å²) in [6, 6.07) is 0. The summed E-state index contributed by atoms with van der Waals surface area (Å²) < 4.78 is 0. The van der Waals surface area contributed by atoms with Crippen molar-refractivity contribution in [3.8, 4) is 0 Å². The average molecular weight is 268 g/mol. The maximum absolute atomic E-state index is 12.8. The van der Waals surface area contributed by atoms with Crippen molar-refractivity contribution in [2.24, 2.45) is 17.3 Å². The smallest absolute Gasteiger partial charge is 0.308 e. The number of nitrogens with zero attached hydrogens (tertiary/aromatic N) is 1. The van der Waals surface area contributed by atoms with Crippen LogP contribution < -0.4 is 5.32 Å². The number of piperidine rings is 1. The molecule has 2 fully saturated rings. The van der Waals surface area contributed by atoms with Crippen LogP contribution in [0.4, 0.5) is 0 Å². The number of hydrogen-bond donors (Lipinski definition) is 2. The summed E-state index contributed by atoms with van der Waals surface area (Å²) in [6.45, 7) is 6.85. The van der Waals surface area contributed by atoms with Crippen LogP contribution in [-0.4, -0.2) is 48.1 Å². The first-order chi connectivity index (χ1) is 8.97. The van der Waals surface area contributed by atoms with Gasteiger partial charge in [-0.1, -0.05) is 13.8 Å². The normalized spacial score (nSPS) is 31.7. The van der Waals surface area contributed by atoms with Gasteiger partial charge in [-0.2, -0.15) is 0 Å². The van der Waals surface area contributed by atoms with E-state index in [2.05, 4.69) is 19.2 Å². The molecule has 2 atom stereocenters. The molecule has 108 valence electrons. The molecule has 0 aliphatic carbocycles. The zero-order valence-electron chi connectivity index (χ0n) is 11.8. The summed E-state index contributed by atoms with van der Waals surface area (Å²) in [4.78, 5) is 25.7. The van der Waals surface area contributed by atoms with Gasteiger partial charge in [-0.15, -0.1) is 0 Å². The second-order valence-electron chi connectivity index (χ2n) is 6.17. The van der Waals surface area contributed by atoms with Crippen molar-refractivity contribution in [2.75, 3.05) is 26.2 Å². The van der Waals surface area contributed by atoms with Gasteiger partial charge in [0, 0.05) is 19.6 Å². The Morgan fingerprint density at radius 1 is 1.42 bits per heavy atom. The lowest BCUT2D eigenvalue weighted by Gasteiger charge is -2.39. The molecule has 0 bridgehead atoms. The Kier molecular flexibility index (Phi) is 4.13. The first kappa shape index (κ1) is 14.3. The molecule has 1 amide bonds. The first-order valence-corrected chi connectivity index (χ1v) is 7.20. The fourth-order valence-corrected chi connectivity index (χ4v) is 3.31. The van der Waals surface area contributed by atoms with Gasteiger partial charge >= 0.3 is 5.97 Å². The second kappa shape index (κ2) is 5.49. The number of carboxylic acids is 1. The fourth-order valence-electron chi connectivity index (χ4n) is 3.31. The standard InChI is InChI=1S/C14H24N2O3/c1-10(2)14(5-6-15-9-14)13(19)16-7-3-4-11(8-16)12(17)18/h10-11,15H,3-9H2,1-2H3,(H,17,18)/t11-,14?/m0/s1. The third-order valence-corrected chi connectivity index (χ3v) is 4.78. The van der Waals surface area contributed by atoms with Crippen LogP contribution in [0.25, 0.3) is 0 Å². The van der Waals surface area contributed by atoms with Crippen LogP contribution in [0.5, 0.6) is 0 Å². The topological polar surface area (TPSA) is 69.6 Å². The molecular formula is C14H24N2O3. The molecule has 5 nitrogen and oxygen atoms in total. The van der Waals surface area contributed by atoms with E-state index in [1.165, 1.54) is 0 Å². The van der Waals surface area contributed by atoms with Gasteiger partial charge in [0.2, 0.25) is 5.91 Å². The van der Waals surface area contributed by atoms with E-state index in [1.54, 1.807) is 4.90 Å². The van der Waals surface area contributed by atoms with Crippen molar-refractivity contribution < 1.29 is 14.7 Å². The Labute approximate surface area is 114 Å². The van der Waals surface area contributed by atoms with Gasteiger partial charge in [0.05, 0.1) is 11.3 Å². The number of hydrogen-bond acceptors (Lipinski definition) is 3. The Morgan fingerprint density at radius 2 is 2.16 bits per heavy atom. The van der Waals surface area contributed by atoms with E-state index in [0.717, 1.165) is 25.9 Å². The van der Waals surface area contributed by atoms with E-state index in [1.807, 2.05) is 0 Å². The average Bonchev–Trinajstić information content (AvgIpc) is 2.88. The zero-order chi connectivity index (χ0) is 14.0. The van der Waals surface area contributed by atoms with Gasteiger partial charge in [0.25, 0.3) is 0 Å². The van der Waals surface area contributed by atoms with Crippen molar-refractivity contribution in [3.63, 3.8) is 0 Å². The Hall–Kier alpha value is -1.10. The minimum atomic E-state index is -0.777. The monoisotopic (exact) mass is 268 g/mol. The minimum Gasteiger partial charge on any atom is -0.481 e. The molecule has 0 aromatic rings. The third kappa shape index (κ3) is 2.61. The van der Waals surface area contributed by atoms with E-state index in [0.29, 0.717) is 19.5 Å². The van der Waals surface area contributed by atoms with Crippen LogP contribution in [0.15, 0.2) is 0 Å².